The first kappa shape index (κ1) is 14.9. The van der Waals surface area contributed by atoms with E-state index >= 15 is 0 Å². The Morgan fingerprint density at radius 3 is 2.43 bits per heavy atom. The fourth-order valence-corrected chi connectivity index (χ4v) is 1.91. The van der Waals surface area contributed by atoms with Crippen molar-refractivity contribution >= 4 is 17.3 Å². The van der Waals surface area contributed by atoms with Crippen LogP contribution in [-0.2, 0) is 6.18 Å². The van der Waals surface area contributed by atoms with Crippen molar-refractivity contribution in [3.63, 3.8) is 0 Å². The van der Waals surface area contributed by atoms with Crippen molar-refractivity contribution in [1.29, 1.82) is 0 Å². The van der Waals surface area contributed by atoms with Crippen LogP contribution >= 0.6 is 0 Å². The molecule has 0 fully saturated rings. The molecule has 3 N–H and O–H groups in total. The highest BCUT2D eigenvalue weighted by Gasteiger charge is 2.34. The van der Waals surface area contributed by atoms with Crippen molar-refractivity contribution in [3.8, 4) is 0 Å². The highest BCUT2D eigenvalue weighted by atomic mass is 19.4. The predicted octanol–water partition coefficient (Wildman–Crippen LogP) is 3.85. The topological polar surface area (TPSA) is 55.1 Å². The maximum atomic E-state index is 12.9. The molecule has 0 aliphatic heterocycles. The van der Waals surface area contributed by atoms with Gasteiger partial charge in [-0.15, -0.1) is 0 Å². The van der Waals surface area contributed by atoms with E-state index in [0.717, 1.165) is 17.7 Å². The number of carbonyl (C=O) groups is 1. The van der Waals surface area contributed by atoms with E-state index < -0.39 is 23.2 Å². The van der Waals surface area contributed by atoms with Crippen molar-refractivity contribution in [3.05, 3.63) is 59.2 Å². The third-order valence-corrected chi connectivity index (χ3v) is 2.93. The van der Waals surface area contributed by atoms with E-state index in [1.165, 1.54) is 12.1 Å². The number of nitrogen functional groups attached to an aromatic ring is 1. The highest BCUT2D eigenvalue weighted by molar-refractivity contribution is 6.06. The van der Waals surface area contributed by atoms with E-state index in [-0.39, 0.29) is 5.69 Å². The number of alkyl halides is 3. The van der Waals surface area contributed by atoms with Gasteiger partial charge in [-0.1, -0.05) is 18.2 Å². The fraction of sp³-hybridized carbons (Fsp3) is 0.133. The minimum absolute atomic E-state index is 0.280. The lowest BCUT2D eigenvalue weighted by atomic mass is 10.1. The average molecular weight is 294 g/mol. The molecule has 2 rings (SSSR count). The molecule has 2 aromatic carbocycles. The van der Waals surface area contributed by atoms with E-state index in [1.807, 2.05) is 6.92 Å². The molecule has 6 heteroatoms. The summed E-state index contributed by atoms with van der Waals surface area (Å²) in [6, 6.07) is 9.50. The molecular formula is C15H13F3N2O. The number of nitrogens with one attached hydrogen (secondary N) is 1. The second-order valence-electron chi connectivity index (χ2n) is 4.59. The van der Waals surface area contributed by atoms with Crippen LogP contribution in [0.25, 0.3) is 0 Å². The summed E-state index contributed by atoms with van der Waals surface area (Å²) >= 11 is 0. The molecule has 0 aliphatic rings. The Hall–Kier alpha value is -2.50. The van der Waals surface area contributed by atoms with Crippen LogP contribution < -0.4 is 11.1 Å². The molecular weight excluding hydrogens is 281 g/mol. The van der Waals surface area contributed by atoms with Gasteiger partial charge in [-0.3, -0.25) is 4.79 Å². The number of carbonyl (C=O) groups excluding carboxylic acids is 1. The first-order valence-corrected chi connectivity index (χ1v) is 6.13. The van der Waals surface area contributed by atoms with Crippen LogP contribution in [-0.4, -0.2) is 5.91 Å². The second kappa shape index (κ2) is 5.47. The van der Waals surface area contributed by atoms with E-state index in [0.29, 0.717) is 5.69 Å². The van der Waals surface area contributed by atoms with Gasteiger partial charge in [0.15, 0.2) is 0 Å². The number of aryl methyl sites for hydroxylation is 1. The normalized spacial score (nSPS) is 11.2. The lowest BCUT2D eigenvalue weighted by Crippen LogP contribution is -2.19. The maximum absolute atomic E-state index is 12.9. The van der Waals surface area contributed by atoms with E-state index in [2.05, 4.69) is 5.32 Å². The number of amides is 1. The first-order valence-electron chi connectivity index (χ1n) is 6.13. The summed E-state index contributed by atoms with van der Waals surface area (Å²) in [5.74, 6) is -0.849. The Bertz CT molecular complexity index is 681. The summed E-state index contributed by atoms with van der Waals surface area (Å²) in [7, 11) is 0. The Morgan fingerprint density at radius 2 is 1.81 bits per heavy atom. The Kier molecular flexibility index (Phi) is 3.88. The Morgan fingerprint density at radius 1 is 1.14 bits per heavy atom. The van der Waals surface area contributed by atoms with Gasteiger partial charge in [0.25, 0.3) is 5.91 Å². The molecule has 3 nitrogen and oxygen atoms in total. The van der Waals surface area contributed by atoms with Gasteiger partial charge in [0.05, 0.1) is 22.5 Å². The second-order valence-corrected chi connectivity index (χ2v) is 4.59. The molecule has 0 radical (unpaired) electrons. The number of rotatable bonds is 2. The predicted molar refractivity (Wildman–Crippen MR) is 75.0 cm³/mol. The minimum Gasteiger partial charge on any atom is -0.397 e. The van der Waals surface area contributed by atoms with Gasteiger partial charge in [0.2, 0.25) is 0 Å². The number of hydrogen-bond acceptors (Lipinski definition) is 2. The number of halogens is 3. The van der Waals surface area contributed by atoms with Gasteiger partial charge in [-0.2, -0.15) is 13.2 Å². The summed E-state index contributed by atoms with van der Waals surface area (Å²) in [6.07, 6.45) is -4.59. The molecule has 1 amide bonds. The first-order chi connectivity index (χ1) is 9.79. The molecule has 110 valence electrons. The van der Waals surface area contributed by atoms with Crippen LogP contribution in [0.2, 0.25) is 0 Å². The van der Waals surface area contributed by atoms with Crippen LogP contribution in [0.1, 0.15) is 21.5 Å². The molecule has 0 atom stereocenters. The largest absolute Gasteiger partial charge is 0.417 e. The van der Waals surface area contributed by atoms with Crippen molar-refractivity contribution in [1.82, 2.24) is 0 Å². The summed E-state index contributed by atoms with van der Waals surface area (Å²) < 4.78 is 38.6. The van der Waals surface area contributed by atoms with E-state index in [9.17, 15) is 18.0 Å². The molecule has 0 saturated carbocycles. The van der Waals surface area contributed by atoms with Gasteiger partial charge >= 0.3 is 6.18 Å². The molecule has 0 saturated heterocycles. The number of anilines is 2. The molecule has 0 unspecified atom stereocenters. The van der Waals surface area contributed by atoms with Crippen LogP contribution in [0.5, 0.6) is 0 Å². The zero-order chi connectivity index (χ0) is 15.6. The molecule has 0 bridgehead atoms. The van der Waals surface area contributed by atoms with Gasteiger partial charge in [0.1, 0.15) is 0 Å². The highest BCUT2D eigenvalue weighted by Crippen LogP contribution is 2.32. The van der Waals surface area contributed by atoms with Crippen molar-refractivity contribution < 1.29 is 18.0 Å². The summed E-state index contributed by atoms with van der Waals surface area (Å²) in [5, 5.41) is 2.40. The van der Waals surface area contributed by atoms with Gasteiger partial charge in [-0.05, 0) is 36.8 Å². The van der Waals surface area contributed by atoms with Crippen LogP contribution in [0.15, 0.2) is 42.5 Å². The fourth-order valence-electron chi connectivity index (χ4n) is 1.91. The molecule has 0 aliphatic carbocycles. The van der Waals surface area contributed by atoms with Crippen molar-refractivity contribution in [2.24, 2.45) is 0 Å². The van der Waals surface area contributed by atoms with Gasteiger partial charge in [-0.25, -0.2) is 0 Å². The quantitative estimate of drug-likeness (QED) is 0.827. The zero-order valence-electron chi connectivity index (χ0n) is 11.2. The lowest BCUT2D eigenvalue weighted by Gasteiger charge is -2.13. The monoisotopic (exact) mass is 294 g/mol. The third-order valence-electron chi connectivity index (χ3n) is 2.93. The third kappa shape index (κ3) is 3.34. The van der Waals surface area contributed by atoms with Crippen molar-refractivity contribution in [2.75, 3.05) is 11.1 Å². The summed E-state index contributed by atoms with van der Waals surface area (Å²) in [5.41, 5.74) is 5.79. The van der Waals surface area contributed by atoms with Crippen molar-refractivity contribution in [2.45, 2.75) is 13.1 Å². The lowest BCUT2D eigenvalue weighted by molar-refractivity contribution is -0.137. The van der Waals surface area contributed by atoms with Gasteiger partial charge in [0, 0.05) is 0 Å². The Balaban J connectivity index is 2.33. The van der Waals surface area contributed by atoms with E-state index in [1.54, 1.807) is 18.2 Å². The molecule has 2 aromatic rings. The standard InChI is InChI=1S/C15H13F3N2O/c1-9-6-7-13(12(19)8-9)20-14(21)10-4-2-3-5-11(10)15(16,17)18/h2-8H,19H2,1H3,(H,20,21). The van der Waals surface area contributed by atoms with Crippen LogP contribution in [0, 0.1) is 6.92 Å². The summed E-state index contributed by atoms with van der Waals surface area (Å²) in [6.45, 7) is 1.82. The number of hydrogen-bond donors (Lipinski definition) is 2. The molecule has 21 heavy (non-hydrogen) atoms. The Labute approximate surface area is 119 Å². The van der Waals surface area contributed by atoms with Gasteiger partial charge < -0.3 is 11.1 Å². The number of nitrogens with two attached hydrogens (primary N) is 1. The SMILES string of the molecule is Cc1ccc(NC(=O)c2ccccc2C(F)(F)F)c(N)c1. The smallest absolute Gasteiger partial charge is 0.397 e. The minimum atomic E-state index is -4.59. The number of benzene rings is 2. The van der Waals surface area contributed by atoms with Crippen LogP contribution in [0.3, 0.4) is 0 Å². The maximum Gasteiger partial charge on any atom is 0.417 e. The summed E-state index contributed by atoms with van der Waals surface area (Å²) in [4.78, 5) is 12.1. The zero-order valence-corrected chi connectivity index (χ0v) is 11.2. The van der Waals surface area contributed by atoms with E-state index in [4.69, 9.17) is 5.73 Å². The average Bonchev–Trinajstić information content (AvgIpc) is 2.41. The molecule has 0 spiro atoms. The molecule has 0 heterocycles. The molecule has 0 aromatic heterocycles. The van der Waals surface area contributed by atoms with Crippen LogP contribution in [0.4, 0.5) is 24.5 Å².